The molecule has 0 aromatic heterocycles. The lowest BCUT2D eigenvalue weighted by Crippen LogP contribution is -2.43. The molecule has 0 radical (unpaired) electrons. The molecule has 0 spiro atoms. The van der Waals surface area contributed by atoms with Gasteiger partial charge in [-0.2, -0.15) is 13.2 Å². The minimum Gasteiger partial charge on any atom is -0.343 e. The lowest BCUT2D eigenvalue weighted by atomic mass is 9.96. The van der Waals surface area contributed by atoms with Crippen molar-refractivity contribution in [2.75, 3.05) is 13.1 Å². The smallest absolute Gasteiger partial charge is 0.343 e. The van der Waals surface area contributed by atoms with Gasteiger partial charge in [0.05, 0.1) is 5.92 Å². The fourth-order valence-corrected chi connectivity index (χ4v) is 1.86. The summed E-state index contributed by atoms with van der Waals surface area (Å²) in [5.41, 5.74) is 5.47. The summed E-state index contributed by atoms with van der Waals surface area (Å²) >= 11 is 0. The fourth-order valence-electron chi connectivity index (χ4n) is 1.86. The van der Waals surface area contributed by atoms with Crippen LogP contribution in [0.2, 0.25) is 0 Å². The third-order valence-corrected chi connectivity index (χ3v) is 2.81. The van der Waals surface area contributed by atoms with E-state index in [4.69, 9.17) is 5.73 Å². The Morgan fingerprint density at radius 1 is 1.41 bits per heavy atom. The van der Waals surface area contributed by atoms with E-state index in [1.54, 1.807) is 6.92 Å². The fraction of sp³-hybridized carbons (Fsp3) is 0.900. The van der Waals surface area contributed by atoms with Gasteiger partial charge in [-0.25, -0.2) is 0 Å². The van der Waals surface area contributed by atoms with Crippen molar-refractivity contribution in [3.05, 3.63) is 0 Å². The molecule has 1 saturated heterocycles. The number of carbonyl (C=O) groups is 1. The van der Waals surface area contributed by atoms with Crippen LogP contribution in [0.15, 0.2) is 0 Å². The molecular weight excluding hydrogens is 257 g/mol. The molecule has 1 atom stereocenters. The molecule has 3 nitrogen and oxygen atoms in total. The maximum atomic E-state index is 12.4. The summed E-state index contributed by atoms with van der Waals surface area (Å²) < 4.78 is 37.1. The van der Waals surface area contributed by atoms with Crippen molar-refractivity contribution in [3.63, 3.8) is 0 Å². The van der Waals surface area contributed by atoms with E-state index in [0.717, 1.165) is 0 Å². The number of likely N-dealkylation sites (tertiary alicyclic amines) is 1. The van der Waals surface area contributed by atoms with Gasteiger partial charge < -0.3 is 10.6 Å². The number of hydrogen-bond donors (Lipinski definition) is 1. The first-order chi connectivity index (χ1) is 7.30. The molecule has 17 heavy (non-hydrogen) atoms. The average molecular weight is 275 g/mol. The number of nitrogens with two attached hydrogens (primary N) is 1. The molecular formula is C10H18ClF3N2O. The van der Waals surface area contributed by atoms with Crippen LogP contribution in [0, 0.1) is 5.92 Å². The Bertz CT molecular complexity index is 250. The van der Waals surface area contributed by atoms with Gasteiger partial charge in [-0.15, -0.1) is 12.4 Å². The van der Waals surface area contributed by atoms with Crippen molar-refractivity contribution < 1.29 is 18.0 Å². The van der Waals surface area contributed by atoms with Crippen LogP contribution in [0.25, 0.3) is 0 Å². The van der Waals surface area contributed by atoms with Crippen LogP contribution in [0.4, 0.5) is 13.2 Å². The van der Waals surface area contributed by atoms with Crippen LogP contribution < -0.4 is 5.73 Å². The first kappa shape index (κ1) is 16.5. The van der Waals surface area contributed by atoms with Gasteiger partial charge in [-0.3, -0.25) is 4.79 Å². The van der Waals surface area contributed by atoms with Crippen LogP contribution in [0.1, 0.15) is 26.2 Å². The highest BCUT2D eigenvalue weighted by atomic mass is 35.5. The summed E-state index contributed by atoms with van der Waals surface area (Å²) in [4.78, 5) is 13.0. The maximum absolute atomic E-state index is 12.4. The third-order valence-electron chi connectivity index (χ3n) is 2.81. The van der Waals surface area contributed by atoms with E-state index in [0.29, 0.717) is 0 Å². The average Bonchev–Trinajstić information content (AvgIpc) is 2.15. The molecule has 1 heterocycles. The molecule has 0 aliphatic carbocycles. The minimum absolute atomic E-state index is 0. The molecule has 2 N–H and O–H groups in total. The molecule has 102 valence electrons. The first-order valence-electron chi connectivity index (χ1n) is 5.40. The van der Waals surface area contributed by atoms with Gasteiger partial charge in [-0.1, -0.05) is 0 Å². The van der Waals surface area contributed by atoms with Crippen LogP contribution in [-0.2, 0) is 4.79 Å². The van der Waals surface area contributed by atoms with E-state index < -0.39 is 12.1 Å². The van der Waals surface area contributed by atoms with Gasteiger partial charge in [0.15, 0.2) is 0 Å². The van der Waals surface area contributed by atoms with Crippen molar-refractivity contribution in [1.82, 2.24) is 4.90 Å². The number of halogens is 4. The number of carbonyl (C=O) groups excluding carboxylic acids is 1. The number of piperidine rings is 1. The lowest BCUT2D eigenvalue weighted by Gasteiger charge is -2.33. The largest absolute Gasteiger partial charge is 0.391 e. The van der Waals surface area contributed by atoms with Crippen molar-refractivity contribution in [1.29, 1.82) is 0 Å². The van der Waals surface area contributed by atoms with Crippen LogP contribution in [0.3, 0.4) is 0 Å². The molecule has 7 heteroatoms. The Labute approximate surface area is 105 Å². The summed E-state index contributed by atoms with van der Waals surface area (Å²) in [5, 5.41) is 0. The summed E-state index contributed by atoms with van der Waals surface area (Å²) in [6.45, 7) is 2.09. The number of amides is 1. The number of rotatable bonds is 2. The predicted molar refractivity (Wildman–Crippen MR) is 60.9 cm³/mol. The SMILES string of the molecule is CC(N)CC(=O)N1CCC(C(F)(F)F)CC1.Cl. The van der Waals surface area contributed by atoms with E-state index in [9.17, 15) is 18.0 Å². The third kappa shape index (κ3) is 5.12. The van der Waals surface area contributed by atoms with E-state index in [1.165, 1.54) is 4.90 Å². The molecule has 0 aromatic carbocycles. The Hall–Kier alpha value is -0.490. The van der Waals surface area contributed by atoms with E-state index in [-0.39, 0.29) is 56.7 Å². The Kier molecular flexibility index (Phi) is 6.26. The van der Waals surface area contributed by atoms with Crippen molar-refractivity contribution >= 4 is 18.3 Å². The molecule has 0 aromatic rings. The second-order valence-electron chi connectivity index (χ2n) is 4.38. The topological polar surface area (TPSA) is 46.3 Å². The molecule has 0 saturated carbocycles. The van der Waals surface area contributed by atoms with Crippen LogP contribution >= 0.6 is 12.4 Å². The normalized spacial score (nSPS) is 19.7. The minimum atomic E-state index is -4.13. The standard InChI is InChI=1S/C10H17F3N2O.ClH/c1-7(14)6-9(16)15-4-2-8(3-5-15)10(11,12)13;/h7-8H,2-6,14H2,1H3;1H. The molecule has 1 unspecified atom stereocenters. The Morgan fingerprint density at radius 2 is 1.88 bits per heavy atom. The molecule has 0 bridgehead atoms. The molecule has 1 aliphatic heterocycles. The van der Waals surface area contributed by atoms with Crippen molar-refractivity contribution in [2.24, 2.45) is 11.7 Å². The van der Waals surface area contributed by atoms with Crippen molar-refractivity contribution in [2.45, 2.75) is 38.4 Å². The van der Waals surface area contributed by atoms with Crippen LogP contribution in [0.5, 0.6) is 0 Å². The maximum Gasteiger partial charge on any atom is 0.391 e. The van der Waals surface area contributed by atoms with Gasteiger partial charge in [0.1, 0.15) is 0 Å². The first-order valence-corrected chi connectivity index (χ1v) is 5.40. The monoisotopic (exact) mass is 274 g/mol. The zero-order valence-electron chi connectivity index (χ0n) is 9.67. The highest BCUT2D eigenvalue weighted by Gasteiger charge is 2.41. The number of alkyl halides is 3. The molecule has 1 rings (SSSR count). The van der Waals surface area contributed by atoms with E-state index in [1.807, 2.05) is 0 Å². The van der Waals surface area contributed by atoms with E-state index in [2.05, 4.69) is 0 Å². The highest BCUT2D eigenvalue weighted by molar-refractivity contribution is 5.85. The summed E-state index contributed by atoms with van der Waals surface area (Å²) in [7, 11) is 0. The van der Waals surface area contributed by atoms with E-state index >= 15 is 0 Å². The summed E-state index contributed by atoms with van der Waals surface area (Å²) in [6, 6.07) is -0.243. The Balaban J connectivity index is 0.00000256. The predicted octanol–water partition coefficient (Wildman–Crippen LogP) is 1.95. The molecule has 1 fully saturated rings. The van der Waals surface area contributed by atoms with Gasteiger partial charge in [-0.05, 0) is 19.8 Å². The van der Waals surface area contributed by atoms with Gasteiger partial charge >= 0.3 is 6.18 Å². The molecule has 1 aliphatic rings. The highest BCUT2D eigenvalue weighted by Crippen LogP contribution is 2.34. The number of hydrogen-bond acceptors (Lipinski definition) is 2. The molecule has 1 amide bonds. The van der Waals surface area contributed by atoms with Gasteiger partial charge in [0.25, 0.3) is 0 Å². The summed E-state index contributed by atoms with van der Waals surface area (Å²) in [6.07, 6.45) is -3.91. The zero-order chi connectivity index (χ0) is 12.3. The van der Waals surface area contributed by atoms with Gasteiger partial charge in [0, 0.05) is 25.6 Å². The summed E-state index contributed by atoms with van der Waals surface area (Å²) in [5.74, 6) is -1.40. The zero-order valence-corrected chi connectivity index (χ0v) is 10.5. The second-order valence-corrected chi connectivity index (χ2v) is 4.38. The number of nitrogens with zero attached hydrogens (tertiary/aromatic N) is 1. The van der Waals surface area contributed by atoms with Crippen LogP contribution in [-0.4, -0.2) is 36.1 Å². The van der Waals surface area contributed by atoms with Crippen molar-refractivity contribution in [3.8, 4) is 0 Å². The quantitative estimate of drug-likeness (QED) is 0.837. The lowest BCUT2D eigenvalue weighted by molar-refractivity contribution is -0.186. The van der Waals surface area contributed by atoms with Gasteiger partial charge in [0.2, 0.25) is 5.91 Å². The Morgan fingerprint density at radius 3 is 2.24 bits per heavy atom. The second kappa shape index (κ2) is 6.44.